The second-order valence-electron chi connectivity index (χ2n) is 10.5. The summed E-state index contributed by atoms with van der Waals surface area (Å²) >= 11 is 0. The largest absolute Gasteiger partial charge is 0.507 e. The number of carbonyl (C=O) groups excluding carboxylic acids is 1. The van der Waals surface area contributed by atoms with Crippen molar-refractivity contribution in [2.24, 2.45) is 0 Å². The molecule has 1 amide bonds. The molecule has 33 heavy (non-hydrogen) atoms. The molecule has 0 fully saturated rings. The second-order valence-corrected chi connectivity index (χ2v) is 10.5. The molecular formula is C29H35NO3. The first-order valence-corrected chi connectivity index (χ1v) is 11.4. The molecule has 0 aliphatic rings. The van der Waals surface area contributed by atoms with Crippen molar-refractivity contribution >= 4 is 11.6 Å². The smallest absolute Gasteiger partial charge is 0.259 e. The number of aromatic hydroxyl groups is 1. The maximum Gasteiger partial charge on any atom is 0.259 e. The van der Waals surface area contributed by atoms with Gasteiger partial charge < -0.3 is 15.2 Å². The summed E-state index contributed by atoms with van der Waals surface area (Å²) in [6.07, 6.45) is 0.806. The van der Waals surface area contributed by atoms with Crippen LogP contribution in [0.1, 0.15) is 68.6 Å². The van der Waals surface area contributed by atoms with E-state index in [0.29, 0.717) is 18.0 Å². The van der Waals surface area contributed by atoms with Gasteiger partial charge in [-0.2, -0.15) is 0 Å². The van der Waals surface area contributed by atoms with Gasteiger partial charge in [0, 0.05) is 23.7 Å². The van der Waals surface area contributed by atoms with Gasteiger partial charge in [0.2, 0.25) is 0 Å². The van der Waals surface area contributed by atoms with Gasteiger partial charge in [-0.05, 0) is 40.2 Å². The Morgan fingerprint density at radius 1 is 0.879 bits per heavy atom. The average Bonchev–Trinajstić information content (AvgIpc) is 2.73. The van der Waals surface area contributed by atoms with Gasteiger partial charge in [0.25, 0.3) is 5.91 Å². The Hall–Kier alpha value is -3.27. The predicted molar refractivity (Wildman–Crippen MR) is 136 cm³/mol. The molecule has 0 unspecified atom stereocenters. The number of hydrogen-bond acceptors (Lipinski definition) is 3. The molecule has 4 heteroatoms. The number of phenols is 1. The van der Waals surface area contributed by atoms with Crippen LogP contribution in [0.5, 0.6) is 11.5 Å². The molecule has 0 heterocycles. The van der Waals surface area contributed by atoms with Crippen LogP contribution < -0.4 is 10.1 Å². The van der Waals surface area contributed by atoms with Crippen LogP contribution in [-0.2, 0) is 17.3 Å². The fourth-order valence-electron chi connectivity index (χ4n) is 3.61. The monoisotopic (exact) mass is 445 g/mol. The van der Waals surface area contributed by atoms with E-state index >= 15 is 0 Å². The Kier molecular flexibility index (Phi) is 7.16. The van der Waals surface area contributed by atoms with Gasteiger partial charge in [0.15, 0.2) is 0 Å². The highest BCUT2D eigenvalue weighted by molar-refractivity contribution is 6.06. The van der Waals surface area contributed by atoms with Gasteiger partial charge in [-0.1, -0.05) is 84.0 Å². The van der Waals surface area contributed by atoms with Crippen molar-refractivity contribution < 1.29 is 14.6 Å². The van der Waals surface area contributed by atoms with E-state index in [2.05, 4.69) is 38.2 Å². The first-order chi connectivity index (χ1) is 15.4. The van der Waals surface area contributed by atoms with Crippen LogP contribution >= 0.6 is 0 Å². The van der Waals surface area contributed by atoms with Gasteiger partial charge in [0.1, 0.15) is 11.5 Å². The zero-order valence-electron chi connectivity index (χ0n) is 20.5. The molecule has 174 valence electrons. The first-order valence-electron chi connectivity index (χ1n) is 11.4. The lowest BCUT2D eigenvalue weighted by Gasteiger charge is -2.27. The molecule has 0 spiro atoms. The van der Waals surface area contributed by atoms with Crippen LogP contribution in [0.15, 0.2) is 66.7 Å². The molecule has 0 aliphatic heterocycles. The van der Waals surface area contributed by atoms with Gasteiger partial charge in [-0.25, -0.2) is 0 Å². The van der Waals surface area contributed by atoms with Crippen molar-refractivity contribution in [2.45, 2.75) is 58.8 Å². The van der Waals surface area contributed by atoms with Crippen LogP contribution in [0.2, 0.25) is 0 Å². The quantitative estimate of drug-likeness (QED) is 0.436. The van der Waals surface area contributed by atoms with Gasteiger partial charge in [-0.3, -0.25) is 4.79 Å². The zero-order chi connectivity index (χ0) is 24.2. The highest BCUT2D eigenvalue weighted by atomic mass is 16.5. The van der Waals surface area contributed by atoms with Crippen molar-refractivity contribution in [3.8, 4) is 11.5 Å². The number of carbonyl (C=O) groups is 1. The van der Waals surface area contributed by atoms with Crippen molar-refractivity contribution in [3.63, 3.8) is 0 Å². The standard InChI is InChI=1S/C29H35NO3/c1-28(2,3)21-17-24(26(31)25(18-21)29(4,5)6)27(32)30-22-13-10-14-23(19-22)33-16-15-20-11-8-7-9-12-20/h7-14,17-19,31H,15-16H2,1-6H3,(H,30,32). The normalized spacial score (nSPS) is 11.8. The summed E-state index contributed by atoms with van der Waals surface area (Å²) in [5.74, 6) is 0.376. The molecule has 0 radical (unpaired) electrons. The molecule has 0 atom stereocenters. The molecule has 0 saturated heterocycles. The molecule has 3 aromatic carbocycles. The summed E-state index contributed by atoms with van der Waals surface area (Å²) in [6, 6.07) is 21.3. The van der Waals surface area contributed by atoms with Gasteiger partial charge >= 0.3 is 0 Å². The van der Waals surface area contributed by atoms with Crippen LogP contribution in [-0.4, -0.2) is 17.6 Å². The SMILES string of the molecule is CC(C)(C)c1cc(C(=O)Nc2cccc(OCCc3ccccc3)c2)c(O)c(C(C)(C)C)c1. The number of phenolic OH excluding ortho intramolecular Hbond substituents is 1. The summed E-state index contributed by atoms with van der Waals surface area (Å²) in [5.41, 5.74) is 3.43. The van der Waals surface area contributed by atoms with E-state index in [1.54, 1.807) is 12.1 Å². The molecule has 0 bridgehead atoms. The summed E-state index contributed by atoms with van der Waals surface area (Å²) in [4.78, 5) is 13.2. The number of ether oxygens (including phenoxy) is 1. The Balaban J connectivity index is 1.79. The lowest BCUT2D eigenvalue weighted by atomic mass is 9.79. The fraction of sp³-hybridized carbons (Fsp3) is 0.345. The van der Waals surface area contributed by atoms with E-state index in [9.17, 15) is 9.90 Å². The van der Waals surface area contributed by atoms with Crippen molar-refractivity contribution in [1.82, 2.24) is 0 Å². The van der Waals surface area contributed by atoms with Crippen LogP contribution in [0.4, 0.5) is 5.69 Å². The van der Waals surface area contributed by atoms with Crippen LogP contribution in [0.25, 0.3) is 0 Å². The molecule has 0 aromatic heterocycles. The third-order valence-corrected chi connectivity index (χ3v) is 5.62. The number of nitrogens with one attached hydrogen (secondary N) is 1. The summed E-state index contributed by atoms with van der Waals surface area (Å²) in [7, 11) is 0. The van der Waals surface area contributed by atoms with E-state index in [1.807, 2.05) is 63.2 Å². The van der Waals surface area contributed by atoms with E-state index in [4.69, 9.17) is 4.74 Å². The molecule has 0 saturated carbocycles. The molecule has 0 aliphatic carbocycles. The Morgan fingerprint density at radius 3 is 2.21 bits per heavy atom. The number of rotatable bonds is 6. The predicted octanol–water partition coefficient (Wildman–Crippen LogP) is 6.86. The topological polar surface area (TPSA) is 58.6 Å². The van der Waals surface area contributed by atoms with E-state index < -0.39 is 0 Å². The number of benzene rings is 3. The van der Waals surface area contributed by atoms with E-state index in [0.717, 1.165) is 17.5 Å². The lowest BCUT2D eigenvalue weighted by Crippen LogP contribution is -2.20. The van der Waals surface area contributed by atoms with E-state index in [1.165, 1.54) is 5.56 Å². The van der Waals surface area contributed by atoms with Crippen LogP contribution in [0, 0.1) is 0 Å². The second kappa shape index (κ2) is 9.70. The molecular weight excluding hydrogens is 410 g/mol. The van der Waals surface area contributed by atoms with Crippen molar-refractivity contribution in [2.75, 3.05) is 11.9 Å². The minimum atomic E-state index is -0.342. The molecule has 3 rings (SSSR count). The van der Waals surface area contributed by atoms with Gasteiger partial charge in [0.05, 0.1) is 12.2 Å². The number of anilines is 1. The van der Waals surface area contributed by atoms with Gasteiger partial charge in [-0.15, -0.1) is 0 Å². The van der Waals surface area contributed by atoms with Crippen molar-refractivity contribution in [3.05, 3.63) is 89.0 Å². The molecule has 4 nitrogen and oxygen atoms in total. The highest BCUT2D eigenvalue weighted by Gasteiger charge is 2.27. The Labute approximate surface area is 197 Å². The molecule has 3 aromatic rings. The third-order valence-electron chi connectivity index (χ3n) is 5.62. The maximum absolute atomic E-state index is 13.2. The molecule has 2 N–H and O–H groups in total. The summed E-state index contributed by atoms with van der Waals surface area (Å²) < 4.78 is 5.89. The first kappa shape index (κ1) is 24.4. The fourth-order valence-corrected chi connectivity index (χ4v) is 3.61. The van der Waals surface area contributed by atoms with Crippen molar-refractivity contribution in [1.29, 1.82) is 0 Å². The Bertz CT molecular complexity index is 1110. The average molecular weight is 446 g/mol. The number of amides is 1. The maximum atomic E-state index is 13.2. The third kappa shape index (κ3) is 6.38. The minimum Gasteiger partial charge on any atom is -0.507 e. The summed E-state index contributed by atoms with van der Waals surface area (Å²) in [6.45, 7) is 13.0. The van der Waals surface area contributed by atoms with Crippen LogP contribution in [0.3, 0.4) is 0 Å². The zero-order valence-corrected chi connectivity index (χ0v) is 20.5. The highest BCUT2D eigenvalue weighted by Crippen LogP contribution is 2.38. The summed E-state index contributed by atoms with van der Waals surface area (Å²) in [5, 5.41) is 13.9. The Morgan fingerprint density at radius 2 is 1.58 bits per heavy atom. The number of hydrogen-bond donors (Lipinski definition) is 2. The minimum absolute atomic E-state index is 0.0308. The van der Waals surface area contributed by atoms with E-state index in [-0.39, 0.29) is 28.1 Å². The lowest BCUT2D eigenvalue weighted by molar-refractivity contribution is 0.102.